The third-order valence-electron chi connectivity index (χ3n) is 3.96. The van der Waals surface area contributed by atoms with Crippen molar-refractivity contribution < 1.29 is 0 Å². The molecule has 0 spiro atoms. The van der Waals surface area contributed by atoms with Gasteiger partial charge >= 0.3 is 0 Å². The summed E-state index contributed by atoms with van der Waals surface area (Å²) < 4.78 is 0. The van der Waals surface area contributed by atoms with E-state index in [2.05, 4.69) is 41.4 Å². The lowest BCUT2D eigenvalue weighted by atomic mass is 10.1. The zero-order valence-corrected chi connectivity index (χ0v) is 12.3. The maximum atomic E-state index is 3.60. The Labute approximate surface area is 118 Å². The number of hydrogen-bond acceptors (Lipinski definition) is 2. The molecule has 1 N–H and O–H groups in total. The molecule has 0 saturated carbocycles. The minimum atomic E-state index is 1.01. The van der Waals surface area contributed by atoms with Crippen LogP contribution in [0.3, 0.4) is 0 Å². The van der Waals surface area contributed by atoms with E-state index in [4.69, 9.17) is 0 Å². The van der Waals surface area contributed by atoms with Gasteiger partial charge in [-0.15, -0.1) is 0 Å². The van der Waals surface area contributed by atoms with Crippen molar-refractivity contribution in [2.75, 3.05) is 24.5 Å². The van der Waals surface area contributed by atoms with Crippen LogP contribution < -0.4 is 10.2 Å². The topological polar surface area (TPSA) is 15.3 Å². The van der Waals surface area contributed by atoms with Crippen LogP contribution in [0.1, 0.15) is 51.0 Å². The summed E-state index contributed by atoms with van der Waals surface area (Å²) in [5, 5.41) is 3.60. The van der Waals surface area contributed by atoms with E-state index in [0.717, 1.165) is 13.1 Å². The van der Waals surface area contributed by atoms with Crippen LogP contribution in [-0.2, 0) is 6.54 Å². The number of anilines is 1. The highest BCUT2D eigenvalue weighted by Crippen LogP contribution is 2.24. The van der Waals surface area contributed by atoms with Gasteiger partial charge in [0.2, 0.25) is 0 Å². The predicted octanol–water partition coefficient (Wildman–Crippen LogP) is 3.96. The molecule has 19 heavy (non-hydrogen) atoms. The zero-order chi connectivity index (χ0) is 13.3. The van der Waals surface area contributed by atoms with Crippen molar-refractivity contribution in [2.45, 2.75) is 52.0 Å². The first kappa shape index (κ1) is 14.4. The highest BCUT2D eigenvalue weighted by Gasteiger charge is 2.14. The highest BCUT2D eigenvalue weighted by molar-refractivity contribution is 5.54. The number of para-hydroxylation sites is 1. The molecular formula is C17H28N2. The van der Waals surface area contributed by atoms with Gasteiger partial charge < -0.3 is 10.2 Å². The molecule has 2 heteroatoms. The van der Waals surface area contributed by atoms with E-state index in [1.807, 2.05) is 0 Å². The first-order chi connectivity index (χ1) is 9.42. The number of rotatable bonds is 8. The average molecular weight is 260 g/mol. The van der Waals surface area contributed by atoms with Gasteiger partial charge in [0, 0.05) is 25.3 Å². The lowest BCUT2D eigenvalue weighted by Gasteiger charge is -2.21. The maximum absolute atomic E-state index is 3.60. The molecule has 0 atom stereocenters. The second kappa shape index (κ2) is 8.21. The number of nitrogens with one attached hydrogen (secondary N) is 1. The van der Waals surface area contributed by atoms with Crippen LogP contribution in [-0.4, -0.2) is 19.6 Å². The summed E-state index contributed by atoms with van der Waals surface area (Å²) in [6, 6.07) is 8.87. The maximum Gasteiger partial charge on any atom is 0.0411 e. The van der Waals surface area contributed by atoms with Crippen LogP contribution in [0.2, 0.25) is 0 Å². The summed E-state index contributed by atoms with van der Waals surface area (Å²) >= 11 is 0. The molecule has 0 unspecified atom stereocenters. The number of hydrogen-bond donors (Lipinski definition) is 1. The summed E-state index contributed by atoms with van der Waals surface area (Å²) in [4.78, 5) is 2.54. The van der Waals surface area contributed by atoms with E-state index in [9.17, 15) is 0 Å². The summed E-state index contributed by atoms with van der Waals surface area (Å²) in [5.74, 6) is 0. The van der Waals surface area contributed by atoms with Crippen LogP contribution in [0.25, 0.3) is 0 Å². The predicted molar refractivity (Wildman–Crippen MR) is 83.7 cm³/mol. The molecule has 0 radical (unpaired) electrons. The van der Waals surface area contributed by atoms with E-state index < -0.39 is 0 Å². The number of nitrogens with zero attached hydrogens (tertiary/aromatic N) is 1. The molecule has 106 valence electrons. The fourth-order valence-corrected chi connectivity index (χ4v) is 2.83. The van der Waals surface area contributed by atoms with Gasteiger partial charge in [-0.3, -0.25) is 0 Å². The molecule has 2 rings (SSSR count). The van der Waals surface area contributed by atoms with Crippen LogP contribution in [0.5, 0.6) is 0 Å². The lowest BCUT2D eigenvalue weighted by molar-refractivity contribution is 0.598. The van der Waals surface area contributed by atoms with E-state index in [1.54, 1.807) is 0 Å². The zero-order valence-electron chi connectivity index (χ0n) is 12.3. The van der Waals surface area contributed by atoms with E-state index in [1.165, 1.54) is 62.9 Å². The SMILES string of the molecule is CCCCCCNCc1ccccc1N1CCCC1. The molecular weight excluding hydrogens is 232 g/mol. The summed E-state index contributed by atoms with van der Waals surface area (Å²) in [5.41, 5.74) is 2.90. The fraction of sp³-hybridized carbons (Fsp3) is 0.647. The Morgan fingerprint density at radius 3 is 2.63 bits per heavy atom. The van der Waals surface area contributed by atoms with Crippen molar-refractivity contribution in [3.05, 3.63) is 29.8 Å². The first-order valence-corrected chi connectivity index (χ1v) is 7.95. The molecule has 1 aliphatic rings. The number of benzene rings is 1. The minimum absolute atomic E-state index is 1.01. The third kappa shape index (κ3) is 4.54. The van der Waals surface area contributed by atoms with Gasteiger partial charge in [-0.05, 0) is 37.4 Å². The Kier molecular flexibility index (Phi) is 6.22. The molecule has 1 fully saturated rings. The average Bonchev–Trinajstić information content (AvgIpc) is 2.97. The second-order valence-corrected chi connectivity index (χ2v) is 5.56. The van der Waals surface area contributed by atoms with Gasteiger partial charge in [-0.2, -0.15) is 0 Å². The van der Waals surface area contributed by atoms with Crippen molar-refractivity contribution >= 4 is 5.69 Å². The standard InChI is InChI=1S/C17H28N2/c1-2-3-4-7-12-18-15-16-10-5-6-11-17(16)19-13-8-9-14-19/h5-6,10-11,18H,2-4,7-9,12-15H2,1H3. The molecule has 0 bridgehead atoms. The Balaban J connectivity index is 1.79. The van der Waals surface area contributed by atoms with Crippen molar-refractivity contribution in [1.82, 2.24) is 5.32 Å². The molecule has 1 aliphatic heterocycles. The molecule has 0 aromatic heterocycles. The second-order valence-electron chi connectivity index (χ2n) is 5.56. The van der Waals surface area contributed by atoms with Crippen molar-refractivity contribution in [2.24, 2.45) is 0 Å². The largest absolute Gasteiger partial charge is 0.371 e. The van der Waals surface area contributed by atoms with E-state index in [-0.39, 0.29) is 0 Å². The Morgan fingerprint density at radius 1 is 1.05 bits per heavy atom. The van der Waals surface area contributed by atoms with Gasteiger partial charge in [0.15, 0.2) is 0 Å². The Morgan fingerprint density at radius 2 is 1.84 bits per heavy atom. The van der Waals surface area contributed by atoms with Gasteiger partial charge in [-0.25, -0.2) is 0 Å². The number of unbranched alkanes of at least 4 members (excludes halogenated alkanes) is 3. The van der Waals surface area contributed by atoms with Gasteiger partial charge in [-0.1, -0.05) is 44.4 Å². The van der Waals surface area contributed by atoms with E-state index >= 15 is 0 Å². The molecule has 0 aliphatic carbocycles. The van der Waals surface area contributed by atoms with Crippen LogP contribution in [0.4, 0.5) is 5.69 Å². The molecule has 1 saturated heterocycles. The van der Waals surface area contributed by atoms with Crippen molar-refractivity contribution in [1.29, 1.82) is 0 Å². The summed E-state index contributed by atoms with van der Waals surface area (Å²) in [6.45, 7) is 6.88. The van der Waals surface area contributed by atoms with E-state index in [0.29, 0.717) is 0 Å². The molecule has 2 nitrogen and oxygen atoms in total. The summed E-state index contributed by atoms with van der Waals surface area (Å²) in [7, 11) is 0. The lowest BCUT2D eigenvalue weighted by Crippen LogP contribution is -2.22. The Bertz CT molecular complexity index is 356. The quantitative estimate of drug-likeness (QED) is 0.712. The smallest absolute Gasteiger partial charge is 0.0411 e. The van der Waals surface area contributed by atoms with Crippen molar-refractivity contribution in [3.63, 3.8) is 0 Å². The third-order valence-corrected chi connectivity index (χ3v) is 3.96. The van der Waals surface area contributed by atoms with Gasteiger partial charge in [0.1, 0.15) is 0 Å². The first-order valence-electron chi connectivity index (χ1n) is 7.95. The molecule has 1 aromatic carbocycles. The van der Waals surface area contributed by atoms with Crippen LogP contribution >= 0.6 is 0 Å². The molecule has 0 amide bonds. The van der Waals surface area contributed by atoms with Gasteiger partial charge in [0.05, 0.1) is 0 Å². The normalized spacial score (nSPS) is 15.1. The fourth-order valence-electron chi connectivity index (χ4n) is 2.83. The monoisotopic (exact) mass is 260 g/mol. The Hall–Kier alpha value is -1.02. The minimum Gasteiger partial charge on any atom is -0.371 e. The summed E-state index contributed by atoms with van der Waals surface area (Å²) in [6.07, 6.45) is 8.04. The van der Waals surface area contributed by atoms with Crippen LogP contribution in [0.15, 0.2) is 24.3 Å². The molecule has 1 aromatic rings. The highest BCUT2D eigenvalue weighted by atomic mass is 15.1. The van der Waals surface area contributed by atoms with Gasteiger partial charge in [0.25, 0.3) is 0 Å². The van der Waals surface area contributed by atoms with Crippen molar-refractivity contribution in [3.8, 4) is 0 Å². The molecule has 1 heterocycles. The van der Waals surface area contributed by atoms with Crippen LogP contribution in [0, 0.1) is 0 Å².